The van der Waals surface area contributed by atoms with Gasteiger partial charge in [-0.25, -0.2) is 4.79 Å². The Bertz CT molecular complexity index is 823. The monoisotopic (exact) mass is 422 g/mol. The van der Waals surface area contributed by atoms with Crippen LogP contribution in [0.3, 0.4) is 0 Å². The SMILES string of the molecule is COC(=O)[C@H](CC(C)C)NC(=O)CSc1nnc(Nc2cccc(C)c2C)s1. The molecule has 2 aromatic rings. The number of hydrogen-bond donors (Lipinski definition) is 2. The number of methoxy groups -OCH3 is 1. The van der Waals surface area contributed by atoms with Gasteiger partial charge in [-0.3, -0.25) is 4.79 Å². The molecule has 1 aromatic heterocycles. The lowest BCUT2D eigenvalue weighted by Crippen LogP contribution is -2.43. The number of thioether (sulfide) groups is 1. The van der Waals surface area contributed by atoms with Crippen LogP contribution in [0, 0.1) is 19.8 Å². The van der Waals surface area contributed by atoms with Gasteiger partial charge >= 0.3 is 5.97 Å². The second kappa shape index (κ2) is 10.4. The first-order valence-electron chi connectivity index (χ1n) is 8.96. The molecular weight excluding hydrogens is 396 g/mol. The molecular formula is C19H26N4O3S2. The predicted octanol–water partition coefficient (Wildman–Crippen LogP) is 3.69. The summed E-state index contributed by atoms with van der Waals surface area (Å²) in [5.41, 5.74) is 3.34. The van der Waals surface area contributed by atoms with Gasteiger partial charge in [0.25, 0.3) is 0 Å². The summed E-state index contributed by atoms with van der Waals surface area (Å²) in [5.74, 6) is -0.244. The van der Waals surface area contributed by atoms with Crippen molar-refractivity contribution >= 4 is 45.8 Å². The average Bonchev–Trinajstić information content (AvgIpc) is 3.09. The molecule has 1 amide bonds. The van der Waals surface area contributed by atoms with Gasteiger partial charge < -0.3 is 15.4 Å². The van der Waals surface area contributed by atoms with E-state index in [1.54, 1.807) is 0 Å². The van der Waals surface area contributed by atoms with Crippen LogP contribution in [0.5, 0.6) is 0 Å². The number of ether oxygens (including phenoxy) is 1. The number of carbonyl (C=O) groups is 2. The maximum atomic E-state index is 12.2. The highest BCUT2D eigenvalue weighted by Crippen LogP contribution is 2.29. The van der Waals surface area contributed by atoms with Gasteiger partial charge in [-0.15, -0.1) is 10.2 Å². The predicted molar refractivity (Wildman–Crippen MR) is 113 cm³/mol. The summed E-state index contributed by atoms with van der Waals surface area (Å²) >= 11 is 2.67. The van der Waals surface area contributed by atoms with Gasteiger partial charge in [-0.05, 0) is 43.4 Å². The van der Waals surface area contributed by atoms with E-state index in [1.807, 2.05) is 32.9 Å². The Morgan fingerprint density at radius 2 is 2.00 bits per heavy atom. The fourth-order valence-electron chi connectivity index (χ4n) is 2.51. The normalized spacial score (nSPS) is 11.9. The molecule has 2 N–H and O–H groups in total. The van der Waals surface area contributed by atoms with E-state index in [9.17, 15) is 9.59 Å². The van der Waals surface area contributed by atoms with Crippen LogP contribution in [0.15, 0.2) is 22.5 Å². The zero-order valence-corrected chi connectivity index (χ0v) is 18.4. The molecule has 0 aliphatic carbocycles. The summed E-state index contributed by atoms with van der Waals surface area (Å²) in [5, 5.41) is 14.9. The molecule has 152 valence electrons. The van der Waals surface area contributed by atoms with Crippen molar-refractivity contribution < 1.29 is 14.3 Å². The minimum atomic E-state index is -0.631. The van der Waals surface area contributed by atoms with Crippen molar-refractivity contribution in [1.29, 1.82) is 0 Å². The van der Waals surface area contributed by atoms with Crippen molar-refractivity contribution in [2.24, 2.45) is 5.92 Å². The number of esters is 1. The number of nitrogens with zero attached hydrogens (tertiary/aromatic N) is 2. The zero-order valence-electron chi connectivity index (χ0n) is 16.7. The highest BCUT2D eigenvalue weighted by molar-refractivity contribution is 8.01. The van der Waals surface area contributed by atoms with E-state index in [4.69, 9.17) is 4.74 Å². The number of aryl methyl sites for hydroxylation is 1. The number of amides is 1. The molecule has 28 heavy (non-hydrogen) atoms. The van der Waals surface area contributed by atoms with Gasteiger partial charge in [0, 0.05) is 5.69 Å². The first kappa shape index (κ1) is 22.2. The molecule has 1 atom stereocenters. The number of rotatable bonds is 9. The lowest BCUT2D eigenvalue weighted by atomic mass is 10.0. The minimum Gasteiger partial charge on any atom is -0.467 e. The van der Waals surface area contributed by atoms with Crippen LogP contribution in [0.1, 0.15) is 31.4 Å². The molecule has 7 nitrogen and oxygen atoms in total. The molecule has 0 spiro atoms. The third-order valence-corrected chi connectivity index (χ3v) is 6.08. The van der Waals surface area contributed by atoms with Gasteiger partial charge in [-0.1, -0.05) is 49.1 Å². The number of benzene rings is 1. The minimum absolute atomic E-state index is 0.156. The fraction of sp³-hybridized carbons (Fsp3) is 0.474. The van der Waals surface area contributed by atoms with Crippen molar-refractivity contribution in [1.82, 2.24) is 15.5 Å². The molecule has 0 unspecified atom stereocenters. The Morgan fingerprint density at radius 3 is 2.68 bits per heavy atom. The van der Waals surface area contributed by atoms with Crippen LogP contribution in [0.25, 0.3) is 0 Å². The summed E-state index contributed by atoms with van der Waals surface area (Å²) < 4.78 is 5.45. The van der Waals surface area contributed by atoms with Crippen molar-refractivity contribution in [2.75, 3.05) is 18.2 Å². The van der Waals surface area contributed by atoms with Gasteiger partial charge in [0.05, 0.1) is 12.9 Å². The van der Waals surface area contributed by atoms with E-state index in [0.717, 1.165) is 11.3 Å². The van der Waals surface area contributed by atoms with Crippen molar-refractivity contribution in [2.45, 2.75) is 44.5 Å². The van der Waals surface area contributed by atoms with Gasteiger partial charge in [0.2, 0.25) is 11.0 Å². The number of aromatic nitrogens is 2. The Kier molecular flexibility index (Phi) is 8.25. The van der Waals surface area contributed by atoms with E-state index in [-0.39, 0.29) is 17.6 Å². The van der Waals surface area contributed by atoms with Crippen molar-refractivity contribution in [3.05, 3.63) is 29.3 Å². The summed E-state index contributed by atoms with van der Waals surface area (Å²) in [6.07, 6.45) is 0.534. The summed E-state index contributed by atoms with van der Waals surface area (Å²) in [7, 11) is 1.32. The molecule has 2 rings (SSSR count). The van der Waals surface area contributed by atoms with Crippen LogP contribution in [0.2, 0.25) is 0 Å². The standard InChI is InChI=1S/C19H26N4O3S2/c1-11(2)9-15(17(25)26-5)20-16(24)10-27-19-23-22-18(28-19)21-14-8-6-7-12(3)13(14)4/h6-8,11,15H,9-10H2,1-5H3,(H,20,24)(H,21,22)/t15-/m0/s1. The third-order valence-electron chi connectivity index (χ3n) is 4.11. The number of carbonyl (C=O) groups excluding carboxylic acids is 2. The Hall–Kier alpha value is -2.13. The molecule has 0 bridgehead atoms. The van der Waals surface area contributed by atoms with Crippen molar-refractivity contribution in [3.63, 3.8) is 0 Å². The van der Waals surface area contributed by atoms with Crippen molar-refractivity contribution in [3.8, 4) is 0 Å². The molecule has 1 heterocycles. The molecule has 0 saturated heterocycles. The Balaban J connectivity index is 1.90. The topological polar surface area (TPSA) is 93.2 Å². The lowest BCUT2D eigenvalue weighted by Gasteiger charge is -2.17. The van der Waals surface area contributed by atoms with Crippen LogP contribution < -0.4 is 10.6 Å². The quantitative estimate of drug-likeness (QED) is 0.470. The highest BCUT2D eigenvalue weighted by atomic mass is 32.2. The van der Waals surface area contributed by atoms with E-state index in [1.165, 1.54) is 35.8 Å². The first-order valence-corrected chi connectivity index (χ1v) is 10.8. The van der Waals surface area contributed by atoms with Crippen LogP contribution in [0.4, 0.5) is 10.8 Å². The Labute approximate surface area is 173 Å². The Morgan fingerprint density at radius 1 is 1.25 bits per heavy atom. The van der Waals surface area contributed by atoms with Crippen LogP contribution >= 0.6 is 23.1 Å². The smallest absolute Gasteiger partial charge is 0.328 e. The van der Waals surface area contributed by atoms with E-state index in [2.05, 4.69) is 33.8 Å². The number of anilines is 2. The summed E-state index contributed by atoms with van der Waals surface area (Å²) in [6.45, 7) is 8.08. The number of hydrogen-bond acceptors (Lipinski definition) is 8. The molecule has 0 aliphatic rings. The van der Waals surface area contributed by atoms with E-state index in [0.29, 0.717) is 15.9 Å². The molecule has 0 aliphatic heterocycles. The largest absolute Gasteiger partial charge is 0.467 e. The first-order chi connectivity index (χ1) is 13.3. The molecule has 9 heteroatoms. The average molecular weight is 423 g/mol. The fourth-order valence-corrected chi connectivity index (χ4v) is 4.09. The molecule has 0 fully saturated rings. The maximum Gasteiger partial charge on any atom is 0.328 e. The second-order valence-corrected chi connectivity index (χ2v) is 9.01. The van der Waals surface area contributed by atoms with Gasteiger partial charge in [-0.2, -0.15) is 0 Å². The van der Waals surface area contributed by atoms with Gasteiger partial charge in [0.1, 0.15) is 6.04 Å². The number of nitrogens with one attached hydrogen (secondary N) is 2. The molecule has 1 aromatic carbocycles. The second-order valence-electron chi connectivity index (χ2n) is 6.81. The molecule has 0 radical (unpaired) electrons. The highest BCUT2D eigenvalue weighted by Gasteiger charge is 2.22. The van der Waals surface area contributed by atoms with E-state index < -0.39 is 12.0 Å². The zero-order chi connectivity index (χ0) is 20.7. The van der Waals surface area contributed by atoms with Gasteiger partial charge in [0.15, 0.2) is 4.34 Å². The maximum absolute atomic E-state index is 12.2. The lowest BCUT2D eigenvalue weighted by molar-refractivity contribution is -0.145. The van der Waals surface area contributed by atoms with Crippen LogP contribution in [-0.4, -0.2) is 41.0 Å². The molecule has 0 saturated carbocycles. The third kappa shape index (κ3) is 6.49. The summed E-state index contributed by atoms with van der Waals surface area (Å²) in [6, 6.07) is 5.40. The summed E-state index contributed by atoms with van der Waals surface area (Å²) in [4.78, 5) is 24.0. The van der Waals surface area contributed by atoms with E-state index >= 15 is 0 Å². The van der Waals surface area contributed by atoms with Crippen LogP contribution in [-0.2, 0) is 14.3 Å².